The molecule has 148 valence electrons. The van der Waals surface area contributed by atoms with E-state index in [2.05, 4.69) is 0 Å². The van der Waals surface area contributed by atoms with Gasteiger partial charge in [0.1, 0.15) is 18.1 Å². The standard InChI is InChI=1S/C21H23NO6/c1-22(20(25)28-13-14-7-5-4-6-8-14)21(19(23)24)11-15-16(12-21)18(27-3)10-9-17(15)26-2/h4-10H,11-13H2,1-3H3,(H,23,24). The number of ether oxygens (including phenoxy) is 3. The molecule has 0 spiro atoms. The number of benzene rings is 2. The predicted molar refractivity (Wildman–Crippen MR) is 102 cm³/mol. The van der Waals surface area contributed by atoms with Crippen LogP contribution in [0.2, 0.25) is 0 Å². The van der Waals surface area contributed by atoms with Gasteiger partial charge in [-0.1, -0.05) is 30.3 Å². The van der Waals surface area contributed by atoms with E-state index in [4.69, 9.17) is 14.2 Å². The summed E-state index contributed by atoms with van der Waals surface area (Å²) in [7, 11) is 4.51. The smallest absolute Gasteiger partial charge is 0.410 e. The molecule has 2 aromatic rings. The van der Waals surface area contributed by atoms with Crippen LogP contribution in [0.3, 0.4) is 0 Å². The van der Waals surface area contributed by atoms with Gasteiger partial charge in [0.2, 0.25) is 0 Å². The van der Waals surface area contributed by atoms with Crippen molar-refractivity contribution in [3.63, 3.8) is 0 Å². The summed E-state index contributed by atoms with van der Waals surface area (Å²) in [6.45, 7) is 0.0688. The number of fused-ring (bicyclic) bond motifs is 1. The van der Waals surface area contributed by atoms with Crippen molar-refractivity contribution in [2.45, 2.75) is 25.0 Å². The number of nitrogens with zero attached hydrogens (tertiary/aromatic N) is 1. The maximum atomic E-state index is 12.7. The van der Waals surface area contributed by atoms with Crippen LogP contribution in [0.1, 0.15) is 16.7 Å². The van der Waals surface area contributed by atoms with Crippen LogP contribution in [-0.2, 0) is 29.0 Å². The van der Waals surface area contributed by atoms with Gasteiger partial charge in [0, 0.05) is 31.0 Å². The number of carboxylic acids is 1. The third-order valence-electron chi connectivity index (χ3n) is 5.24. The van der Waals surface area contributed by atoms with Crippen LogP contribution in [0, 0.1) is 0 Å². The molecule has 0 saturated carbocycles. The molecule has 3 rings (SSSR count). The van der Waals surface area contributed by atoms with Crippen molar-refractivity contribution in [3.05, 3.63) is 59.2 Å². The molecule has 0 aromatic heterocycles. The molecule has 7 heteroatoms. The van der Waals surface area contributed by atoms with Crippen LogP contribution in [-0.4, -0.2) is 48.9 Å². The van der Waals surface area contributed by atoms with Gasteiger partial charge >= 0.3 is 12.1 Å². The number of aliphatic carboxylic acids is 1. The summed E-state index contributed by atoms with van der Waals surface area (Å²) in [5, 5.41) is 10.0. The number of hydrogen-bond acceptors (Lipinski definition) is 5. The largest absolute Gasteiger partial charge is 0.496 e. The van der Waals surface area contributed by atoms with Crippen LogP contribution >= 0.6 is 0 Å². The summed E-state index contributed by atoms with van der Waals surface area (Å²) >= 11 is 0. The van der Waals surface area contributed by atoms with E-state index in [-0.39, 0.29) is 19.4 Å². The molecule has 0 atom stereocenters. The average Bonchev–Trinajstić information content (AvgIpc) is 3.13. The lowest BCUT2D eigenvalue weighted by atomic mass is 9.94. The predicted octanol–water partition coefficient (Wildman–Crippen LogP) is 2.89. The summed E-state index contributed by atoms with van der Waals surface area (Å²) in [6.07, 6.45) is -0.485. The Balaban J connectivity index is 1.86. The first-order chi connectivity index (χ1) is 13.4. The van der Waals surface area contributed by atoms with Gasteiger partial charge in [-0.15, -0.1) is 0 Å². The monoisotopic (exact) mass is 385 g/mol. The molecule has 0 fully saturated rings. The third kappa shape index (κ3) is 3.35. The molecule has 7 nitrogen and oxygen atoms in total. The van der Waals surface area contributed by atoms with E-state index in [1.54, 1.807) is 12.1 Å². The Kier molecular flexibility index (Phi) is 5.44. The number of rotatable bonds is 6. The third-order valence-corrected chi connectivity index (χ3v) is 5.24. The van der Waals surface area contributed by atoms with Crippen molar-refractivity contribution in [2.75, 3.05) is 21.3 Å². The fourth-order valence-corrected chi connectivity index (χ4v) is 3.59. The lowest BCUT2D eigenvalue weighted by molar-refractivity contribution is -0.149. The average molecular weight is 385 g/mol. The highest BCUT2D eigenvalue weighted by Gasteiger charge is 2.52. The lowest BCUT2D eigenvalue weighted by Crippen LogP contribution is -2.56. The summed E-state index contributed by atoms with van der Waals surface area (Å²) in [5.41, 5.74) is 0.809. The molecule has 0 aliphatic heterocycles. The van der Waals surface area contributed by atoms with Crippen molar-refractivity contribution >= 4 is 12.1 Å². The zero-order valence-electron chi connectivity index (χ0n) is 16.1. The minimum atomic E-state index is -1.47. The highest BCUT2D eigenvalue weighted by Crippen LogP contribution is 2.43. The van der Waals surface area contributed by atoms with Gasteiger partial charge in [0.15, 0.2) is 5.54 Å². The van der Waals surface area contributed by atoms with Crippen LogP contribution in [0.4, 0.5) is 4.79 Å². The highest BCUT2D eigenvalue weighted by atomic mass is 16.6. The Bertz CT molecular complexity index is 847. The molecule has 0 saturated heterocycles. The van der Waals surface area contributed by atoms with Crippen molar-refractivity contribution in [2.24, 2.45) is 0 Å². The van der Waals surface area contributed by atoms with Crippen molar-refractivity contribution in [3.8, 4) is 11.5 Å². The second-order valence-corrected chi connectivity index (χ2v) is 6.72. The van der Waals surface area contributed by atoms with E-state index in [9.17, 15) is 14.7 Å². The van der Waals surface area contributed by atoms with E-state index < -0.39 is 17.6 Å². The lowest BCUT2D eigenvalue weighted by Gasteiger charge is -2.34. The number of likely N-dealkylation sites (N-methyl/N-ethyl adjacent to an activating group) is 1. The van der Waals surface area contributed by atoms with E-state index in [1.165, 1.54) is 21.3 Å². The minimum absolute atomic E-state index is 0.0688. The van der Waals surface area contributed by atoms with Crippen LogP contribution in [0.25, 0.3) is 0 Å². The summed E-state index contributed by atoms with van der Waals surface area (Å²) in [4.78, 5) is 26.1. The SMILES string of the molecule is COc1ccc(OC)c2c1CC(C(=O)O)(N(C)C(=O)OCc1ccccc1)C2. The molecular formula is C21H23NO6. The van der Waals surface area contributed by atoms with Crippen LogP contribution < -0.4 is 9.47 Å². The molecule has 2 aromatic carbocycles. The van der Waals surface area contributed by atoms with Crippen molar-refractivity contribution in [1.82, 2.24) is 4.90 Å². The number of carbonyl (C=O) groups excluding carboxylic acids is 1. The van der Waals surface area contributed by atoms with E-state index in [0.717, 1.165) is 21.6 Å². The van der Waals surface area contributed by atoms with E-state index >= 15 is 0 Å². The second-order valence-electron chi connectivity index (χ2n) is 6.72. The fourth-order valence-electron chi connectivity index (χ4n) is 3.59. The molecule has 1 amide bonds. The summed E-state index contributed by atoms with van der Waals surface area (Å²) in [5.74, 6) is 0.0434. The fraction of sp³-hybridized carbons (Fsp3) is 0.333. The maximum absolute atomic E-state index is 12.7. The first-order valence-corrected chi connectivity index (χ1v) is 8.83. The van der Waals surface area contributed by atoms with Gasteiger partial charge < -0.3 is 19.3 Å². The van der Waals surface area contributed by atoms with Gasteiger partial charge in [-0.2, -0.15) is 0 Å². The van der Waals surface area contributed by atoms with Gasteiger partial charge in [-0.05, 0) is 17.7 Å². The van der Waals surface area contributed by atoms with E-state index in [0.29, 0.717) is 11.5 Å². The van der Waals surface area contributed by atoms with Gasteiger partial charge in [0.05, 0.1) is 14.2 Å². The molecular weight excluding hydrogens is 362 g/mol. The van der Waals surface area contributed by atoms with Crippen LogP contribution in [0.15, 0.2) is 42.5 Å². The number of hydrogen-bond donors (Lipinski definition) is 1. The quantitative estimate of drug-likeness (QED) is 0.823. The van der Waals surface area contributed by atoms with Gasteiger partial charge in [-0.25, -0.2) is 9.59 Å². The summed E-state index contributed by atoms with van der Waals surface area (Å²) < 4.78 is 16.1. The number of carboxylic acid groups (broad SMARTS) is 1. The Morgan fingerprint density at radius 2 is 1.54 bits per heavy atom. The molecule has 0 unspecified atom stereocenters. The molecule has 1 N–H and O–H groups in total. The molecule has 28 heavy (non-hydrogen) atoms. The molecule has 0 radical (unpaired) electrons. The van der Waals surface area contributed by atoms with Crippen molar-refractivity contribution < 1.29 is 28.9 Å². The summed E-state index contributed by atoms with van der Waals surface area (Å²) in [6, 6.07) is 12.7. The zero-order valence-corrected chi connectivity index (χ0v) is 16.1. The van der Waals surface area contributed by atoms with Gasteiger partial charge in [0.25, 0.3) is 0 Å². The second kappa shape index (κ2) is 7.80. The number of methoxy groups -OCH3 is 2. The molecule has 0 heterocycles. The van der Waals surface area contributed by atoms with E-state index in [1.807, 2.05) is 30.3 Å². The van der Waals surface area contributed by atoms with Crippen LogP contribution in [0.5, 0.6) is 11.5 Å². The van der Waals surface area contributed by atoms with Gasteiger partial charge in [-0.3, -0.25) is 4.90 Å². The first kappa shape index (κ1) is 19.5. The first-order valence-electron chi connectivity index (χ1n) is 8.83. The Morgan fingerprint density at radius 3 is 2.00 bits per heavy atom. The Morgan fingerprint density at radius 1 is 1.00 bits per heavy atom. The normalized spacial score (nSPS) is 14.1. The van der Waals surface area contributed by atoms with Crippen molar-refractivity contribution in [1.29, 1.82) is 0 Å². The molecule has 0 bridgehead atoms. The Hall–Kier alpha value is -3.22. The number of amides is 1. The molecule has 1 aliphatic rings. The Labute approximate surface area is 163 Å². The zero-order chi connectivity index (χ0) is 20.3. The highest BCUT2D eigenvalue weighted by molar-refractivity contribution is 5.87. The molecule has 1 aliphatic carbocycles. The number of carbonyl (C=O) groups is 2. The maximum Gasteiger partial charge on any atom is 0.410 e. The minimum Gasteiger partial charge on any atom is -0.496 e. The topological polar surface area (TPSA) is 85.3 Å².